The molecule has 2 aromatic rings. The van der Waals surface area contributed by atoms with Crippen LogP contribution in [0, 0.1) is 0 Å². The van der Waals surface area contributed by atoms with Gasteiger partial charge < -0.3 is 25.8 Å². The fourth-order valence-corrected chi connectivity index (χ4v) is 3.04. The molecule has 22 heavy (non-hydrogen) atoms. The average molecular weight is 329 g/mol. The summed E-state index contributed by atoms with van der Waals surface area (Å²) in [6.07, 6.45) is -1.67. The molecule has 5 atom stereocenters. The van der Waals surface area contributed by atoms with Gasteiger partial charge in [-0.05, 0) is 0 Å². The smallest absolute Gasteiger partial charge is 0.223 e. The molecule has 1 fully saturated rings. The minimum atomic E-state index is -1.43. The minimum absolute atomic E-state index is 0.0915. The van der Waals surface area contributed by atoms with Crippen molar-refractivity contribution >= 4 is 27.9 Å². The van der Waals surface area contributed by atoms with Crippen LogP contribution >= 0.6 is 0 Å². The molecule has 1 saturated heterocycles. The van der Waals surface area contributed by atoms with Crippen LogP contribution in [0.15, 0.2) is 11.4 Å². The highest BCUT2D eigenvalue weighted by atomic mass is 32.2. The van der Waals surface area contributed by atoms with Crippen LogP contribution in [0.25, 0.3) is 11.2 Å². The van der Waals surface area contributed by atoms with Gasteiger partial charge in [0.1, 0.15) is 23.8 Å². The van der Waals surface area contributed by atoms with Crippen molar-refractivity contribution in [1.82, 2.24) is 19.5 Å². The van der Waals surface area contributed by atoms with E-state index in [9.17, 15) is 14.4 Å². The Morgan fingerprint density at radius 2 is 2.14 bits per heavy atom. The number of aliphatic hydroxyl groups excluding tert-OH is 3. The van der Waals surface area contributed by atoms with Crippen LogP contribution in [0.2, 0.25) is 0 Å². The average Bonchev–Trinajstić information content (AvgIpc) is 3.00. The van der Waals surface area contributed by atoms with E-state index in [2.05, 4.69) is 15.0 Å². The summed E-state index contributed by atoms with van der Waals surface area (Å²) in [5, 5.41) is 29.2. The maximum Gasteiger partial charge on any atom is 0.223 e. The molecule has 10 nitrogen and oxygen atoms in total. The largest absolute Gasteiger partial charge is 0.394 e. The molecule has 0 radical (unpaired) electrons. The number of nitrogens with two attached hydrogens (primary N) is 1. The third-order valence-corrected chi connectivity index (χ3v) is 4.30. The summed E-state index contributed by atoms with van der Waals surface area (Å²) >= 11 is 0. The SMILES string of the molecule is CS(=O)c1nc(N)nc2c1ncn2C1O[C@H](CO)[C@@H](O)[C@H]1O. The number of ether oxygens (including phenoxy) is 1. The van der Waals surface area contributed by atoms with Crippen molar-refractivity contribution in [3.8, 4) is 0 Å². The normalized spacial score (nSPS) is 30.0. The van der Waals surface area contributed by atoms with Crippen LogP contribution < -0.4 is 5.73 Å². The summed E-state index contributed by atoms with van der Waals surface area (Å²) in [6.45, 7) is -0.442. The van der Waals surface area contributed by atoms with Gasteiger partial charge in [-0.1, -0.05) is 0 Å². The lowest BCUT2D eigenvalue weighted by atomic mass is 10.1. The molecule has 0 bridgehead atoms. The van der Waals surface area contributed by atoms with Crippen molar-refractivity contribution in [1.29, 1.82) is 0 Å². The second kappa shape index (κ2) is 5.52. The molecule has 2 aromatic heterocycles. The molecule has 0 amide bonds. The highest BCUT2D eigenvalue weighted by Crippen LogP contribution is 2.32. The van der Waals surface area contributed by atoms with E-state index in [0.29, 0.717) is 0 Å². The van der Waals surface area contributed by atoms with E-state index in [0.717, 1.165) is 0 Å². The third-order valence-electron chi connectivity index (χ3n) is 3.47. The molecule has 5 N–H and O–H groups in total. The van der Waals surface area contributed by atoms with E-state index in [1.54, 1.807) is 0 Å². The molecule has 1 aliphatic heterocycles. The Labute approximate surface area is 127 Å². The lowest BCUT2D eigenvalue weighted by Crippen LogP contribution is -2.33. The monoisotopic (exact) mass is 329 g/mol. The highest BCUT2D eigenvalue weighted by Gasteiger charge is 2.44. The number of hydrogen-bond acceptors (Lipinski definition) is 9. The second-order valence-electron chi connectivity index (χ2n) is 4.89. The summed E-state index contributed by atoms with van der Waals surface area (Å²) in [5.41, 5.74) is 6.11. The predicted octanol–water partition coefficient (Wildman–Crippen LogP) is -2.24. The van der Waals surface area contributed by atoms with E-state index < -0.39 is 41.9 Å². The van der Waals surface area contributed by atoms with E-state index in [1.807, 2.05) is 0 Å². The van der Waals surface area contributed by atoms with Gasteiger partial charge in [0.05, 0.1) is 23.7 Å². The molecule has 0 aromatic carbocycles. The Bertz CT molecular complexity index is 737. The van der Waals surface area contributed by atoms with Crippen LogP contribution in [0.3, 0.4) is 0 Å². The molecule has 0 saturated carbocycles. The van der Waals surface area contributed by atoms with Crippen molar-refractivity contribution < 1.29 is 24.3 Å². The molecule has 1 aliphatic rings. The number of anilines is 1. The molecular weight excluding hydrogens is 314 g/mol. The van der Waals surface area contributed by atoms with Crippen LogP contribution in [-0.4, -0.2) is 70.2 Å². The summed E-state index contributed by atoms with van der Waals surface area (Å²) < 4.78 is 18.5. The van der Waals surface area contributed by atoms with Gasteiger partial charge >= 0.3 is 0 Å². The molecule has 0 aliphatic carbocycles. The van der Waals surface area contributed by atoms with Crippen molar-refractivity contribution in [3.05, 3.63) is 6.33 Å². The summed E-state index contributed by atoms with van der Waals surface area (Å²) in [7, 11) is -1.43. The summed E-state index contributed by atoms with van der Waals surface area (Å²) in [5.74, 6) is -0.0915. The Morgan fingerprint density at radius 1 is 1.41 bits per heavy atom. The van der Waals surface area contributed by atoms with Crippen molar-refractivity contribution in [3.63, 3.8) is 0 Å². The number of aromatic nitrogens is 4. The van der Waals surface area contributed by atoms with Gasteiger partial charge in [-0.3, -0.25) is 8.78 Å². The van der Waals surface area contributed by atoms with Crippen molar-refractivity contribution in [2.24, 2.45) is 0 Å². The van der Waals surface area contributed by atoms with E-state index in [1.165, 1.54) is 17.2 Å². The predicted molar refractivity (Wildman–Crippen MR) is 75.1 cm³/mol. The van der Waals surface area contributed by atoms with Crippen LogP contribution in [-0.2, 0) is 15.5 Å². The maximum absolute atomic E-state index is 11.7. The van der Waals surface area contributed by atoms with Gasteiger partial charge in [0, 0.05) is 6.26 Å². The number of aliphatic hydroxyl groups is 3. The standard InChI is InChI=1S/C11H15N5O5S/c1-22(20)9-5-8(14-11(12)15-9)16(3-13-5)10-7(19)6(18)4(2-17)21-10/h3-4,6-7,10,17-19H,2H2,1H3,(H2,12,14,15)/t4-,6-,7-,10?,22?/m1/s1. The number of hydrogen-bond donors (Lipinski definition) is 4. The van der Waals surface area contributed by atoms with Crippen LogP contribution in [0.4, 0.5) is 5.95 Å². The van der Waals surface area contributed by atoms with Crippen LogP contribution in [0.5, 0.6) is 0 Å². The van der Waals surface area contributed by atoms with E-state index in [4.69, 9.17) is 15.6 Å². The van der Waals surface area contributed by atoms with Gasteiger partial charge in [-0.25, -0.2) is 9.97 Å². The van der Waals surface area contributed by atoms with E-state index >= 15 is 0 Å². The first-order valence-corrected chi connectivity index (χ1v) is 7.95. The second-order valence-corrected chi connectivity index (χ2v) is 6.19. The minimum Gasteiger partial charge on any atom is -0.394 e. The van der Waals surface area contributed by atoms with Gasteiger partial charge in [0.25, 0.3) is 0 Å². The van der Waals surface area contributed by atoms with Crippen molar-refractivity contribution in [2.75, 3.05) is 18.6 Å². The summed E-state index contributed by atoms with van der Waals surface area (Å²) in [4.78, 5) is 12.0. The van der Waals surface area contributed by atoms with Crippen LogP contribution in [0.1, 0.15) is 6.23 Å². The van der Waals surface area contributed by atoms with Gasteiger partial charge in [-0.2, -0.15) is 4.98 Å². The molecule has 3 rings (SSSR count). The number of rotatable bonds is 3. The Morgan fingerprint density at radius 3 is 2.73 bits per heavy atom. The zero-order valence-corrected chi connectivity index (χ0v) is 12.3. The molecule has 11 heteroatoms. The van der Waals surface area contributed by atoms with E-state index in [-0.39, 0.29) is 22.1 Å². The molecule has 2 unspecified atom stereocenters. The Balaban J connectivity index is 2.11. The fraction of sp³-hybridized carbons (Fsp3) is 0.545. The molecule has 120 valence electrons. The highest BCUT2D eigenvalue weighted by molar-refractivity contribution is 7.84. The molecule has 3 heterocycles. The number of nitrogen functional groups attached to an aromatic ring is 1. The Hall–Kier alpha value is -1.66. The quantitative estimate of drug-likeness (QED) is 0.457. The van der Waals surface area contributed by atoms with Crippen molar-refractivity contribution in [2.45, 2.75) is 29.6 Å². The topological polar surface area (TPSA) is 157 Å². The third kappa shape index (κ3) is 2.27. The first kappa shape index (κ1) is 15.2. The molecule has 0 spiro atoms. The summed E-state index contributed by atoms with van der Waals surface area (Å²) in [6, 6.07) is 0. The first-order chi connectivity index (χ1) is 10.4. The first-order valence-electron chi connectivity index (χ1n) is 6.40. The van der Waals surface area contributed by atoms with Gasteiger partial charge in [0.2, 0.25) is 5.95 Å². The zero-order chi connectivity index (χ0) is 16.0. The number of fused-ring (bicyclic) bond motifs is 1. The fourth-order valence-electron chi connectivity index (χ4n) is 2.40. The molecular formula is C11H15N5O5S. The maximum atomic E-state index is 11.7. The van der Waals surface area contributed by atoms with Gasteiger partial charge in [-0.15, -0.1) is 0 Å². The number of nitrogens with zero attached hydrogens (tertiary/aromatic N) is 4. The number of imidazole rings is 1. The lowest BCUT2D eigenvalue weighted by molar-refractivity contribution is -0.0511. The van der Waals surface area contributed by atoms with Gasteiger partial charge in [0.15, 0.2) is 16.9 Å². The Kier molecular flexibility index (Phi) is 3.82. The lowest BCUT2D eigenvalue weighted by Gasteiger charge is -2.16. The zero-order valence-electron chi connectivity index (χ0n) is 11.5.